The number of nitrogens with zero attached hydrogens (tertiary/aromatic N) is 4. The monoisotopic (exact) mass is 378 g/mol. The van der Waals surface area contributed by atoms with Crippen molar-refractivity contribution in [3.8, 4) is 0 Å². The van der Waals surface area contributed by atoms with E-state index in [1.165, 1.54) is 29.1 Å². The molecule has 3 heterocycles. The van der Waals surface area contributed by atoms with E-state index in [1.807, 2.05) is 4.90 Å². The Kier molecular flexibility index (Phi) is 5.46. The van der Waals surface area contributed by atoms with Crippen LogP contribution in [0.2, 0.25) is 0 Å². The second-order valence-corrected chi connectivity index (χ2v) is 6.57. The standard InChI is InChI=1S/C15H18N6O4S/c22-13-12(16-3-4-17-13)20-5-7-21(8-6-20)15(25)18-2-1-11-19-10(9-26-11)14(23)24/h3-4,9H,1-2,5-8H2,(H,17,22)(H,18,25)(H,23,24). The summed E-state index contributed by atoms with van der Waals surface area (Å²) in [4.78, 5) is 48.9. The molecule has 0 aliphatic carbocycles. The summed E-state index contributed by atoms with van der Waals surface area (Å²) in [6.45, 7) is 2.42. The first kappa shape index (κ1) is 17.9. The highest BCUT2D eigenvalue weighted by atomic mass is 32.1. The molecule has 26 heavy (non-hydrogen) atoms. The molecular formula is C15H18N6O4S. The van der Waals surface area contributed by atoms with E-state index in [0.717, 1.165) is 0 Å². The number of rotatable bonds is 5. The zero-order chi connectivity index (χ0) is 18.5. The van der Waals surface area contributed by atoms with Gasteiger partial charge in [-0.15, -0.1) is 11.3 Å². The normalized spacial score (nSPS) is 14.3. The van der Waals surface area contributed by atoms with Crippen molar-refractivity contribution in [3.63, 3.8) is 0 Å². The molecule has 0 aromatic carbocycles. The van der Waals surface area contributed by atoms with Gasteiger partial charge in [0.25, 0.3) is 5.56 Å². The van der Waals surface area contributed by atoms with Gasteiger partial charge in [0.2, 0.25) is 0 Å². The summed E-state index contributed by atoms with van der Waals surface area (Å²) in [5.41, 5.74) is -0.216. The molecule has 1 saturated heterocycles. The zero-order valence-corrected chi connectivity index (χ0v) is 14.7. The molecule has 138 valence electrons. The van der Waals surface area contributed by atoms with Crippen LogP contribution in [0.25, 0.3) is 0 Å². The fourth-order valence-electron chi connectivity index (χ4n) is 2.60. The van der Waals surface area contributed by atoms with Gasteiger partial charge in [-0.3, -0.25) is 4.79 Å². The predicted octanol–water partition coefficient (Wildman–Crippen LogP) is -0.00110. The summed E-state index contributed by atoms with van der Waals surface area (Å²) in [7, 11) is 0. The molecule has 3 rings (SSSR count). The number of carboxylic acids is 1. The highest BCUT2D eigenvalue weighted by Gasteiger charge is 2.23. The Morgan fingerprint density at radius 3 is 2.73 bits per heavy atom. The first-order valence-corrected chi connectivity index (χ1v) is 8.91. The molecule has 1 aliphatic rings. The maximum atomic E-state index is 12.2. The smallest absolute Gasteiger partial charge is 0.355 e. The summed E-state index contributed by atoms with van der Waals surface area (Å²) >= 11 is 1.26. The van der Waals surface area contributed by atoms with Crippen LogP contribution in [-0.2, 0) is 6.42 Å². The lowest BCUT2D eigenvalue weighted by atomic mass is 10.3. The number of H-pyrrole nitrogens is 1. The van der Waals surface area contributed by atoms with E-state index < -0.39 is 5.97 Å². The molecule has 0 spiro atoms. The van der Waals surface area contributed by atoms with Gasteiger partial charge in [0.15, 0.2) is 11.5 Å². The second-order valence-electron chi connectivity index (χ2n) is 5.63. The Bertz CT molecular complexity index is 842. The van der Waals surface area contributed by atoms with Gasteiger partial charge in [0.1, 0.15) is 0 Å². The number of carbonyl (C=O) groups excluding carboxylic acids is 1. The molecular weight excluding hydrogens is 360 g/mol. The lowest BCUT2D eigenvalue weighted by molar-refractivity contribution is 0.0691. The Morgan fingerprint density at radius 1 is 1.31 bits per heavy atom. The number of hydrogen-bond acceptors (Lipinski definition) is 7. The van der Waals surface area contributed by atoms with Crippen molar-refractivity contribution in [3.05, 3.63) is 38.8 Å². The summed E-state index contributed by atoms with van der Waals surface area (Å²) in [5.74, 6) is -0.688. The second kappa shape index (κ2) is 7.95. The number of amides is 2. The van der Waals surface area contributed by atoms with E-state index in [0.29, 0.717) is 50.0 Å². The predicted molar refractivity (Wildman–Crippen MR) is 94.8 cm³/mol. The topological polar surface area (TPSA) is 132 Å². The van der Waals surface area contributed by atoms with Crippen LogP contribution in [0.3, 0.4) is 0 Å². The Labute approximate surface area is 152 Å². The van der Waals surface area contributed by atoms with Crippen LogP contribution in [0.1, 0.15) is 15.5 Å². The lowest BCUT2D eigenvalue weighted by Crippen LogP contribution is -2.53. The van der Waals surface area contributed by atoms with Crippen molar-refractivity contribution in [2.75, 3.05) is 37.6 Å². The minimum Gasteiger partial charge on any atom is -0.476 e. The summed E-state index contributed by atoms with van der Waals surface area (Å²) in [6.07, 6.45) is 3.49. The summed E-state index contributed by atoms with van der Waals surface area (Å²) < 4.78 is 0. The highest BCUT2D eigenvalue weighted by molar-refractivity contribution is 7.09. The lowest BCUT2D eigenvalue weighted by Gasteiger charge is -2.34. The van der Waals surface area contributed by atoms with Crippen LogP contribution in [0, 0.1) is 0 Å². The summed E-state index contributed by atoms with van der Waals surface area (Å²) in [6, 6.07) is -0.186. The number of hydrogen-bond donors (Lipinski definition) is 3. The van der Waals surface area contributed by atoms with Crippen molar-refractivity contribution < 1.29 is 14.7 Å². The SMILES string of the molecule is O=C(O)c1csc(CCNC(=O)N2CCN(c3ncc[nH]c3=O)CC2)n1. The fraction of sp³-hybridized carbons (Fsp3) is 0.400. The minimum atomic E-state index is -1.05. The van der Waals surface area contributed by atoms with Gasteiger partial charge in [-0.1, -0.05) is 0 Å². The van der Waals surface area contributed by atoms with E-state index in [9.17, 15) is 14.4 Å². The number of carboxylic acid groups (broad SMARTS) is 1. The van der Waals surface area contributed by atoms with E-state index in [2.05, 4.69) is 20.3 Å². The van der Waals surface area contributed by atoms with Crippen LogP contribution in [0.5, 0.6) is 0 Å². The van der Waals surface area contributed by atoms with Crippen molar-refractivity contribution in [1.82, 2.24) is 25.2 Å². The van der Waals surface area contributed by atoms with Gasteiger partial charge in [-0.25, -0.2) is 19.6 Å². The molecule has 0 saturated carbocycles. The van der Waals surface area contributed by atoms with Gasteiger partial charge in [0, 0.05) is 56.9 Å². The maximum Gasteiger partial charge on any atom is 0.355 e. The minimum absolute atomic E-state index is 0.0250. The van der Waals surface area contributed by atoms with Crippen molar-refractivity contribution >= 4 is 29.2 Å². The Morgan fingerprint density at radius 2 is 2.08 bits per heavy atom. The molecule has 0 unspecified atom stereocenters. The van der Waals surface area contributed by atoms with E-state index >= 15 is 0 Å². The third-order valence-corrected chi connectivity index (χ3v) is 4.85. The zero-order valence-electron chi connectivity index (χ0n) is 13.8. The van der Waals surface area contributed by atoms with Crippen LogP contribution in [0.4, 0.5) is 10.6 Å². The number of aromatic nitrogens is 3. The number of carbonyl (C=O) groups is 2. The molecule has 0 radical (unpaired) electrons. The Balaban J connectivity index is 1.44. The van der Waals surface area contributed by atoms with E-state index in [1.54, 1.807) is 4.90 Å². The molecule has 2 aromatic rings. The number of thiazole rings is 1. The average Bonchev–Trinajstić information content (AvgIpc) is 3.11. The average molecular weight is 378 g/mol. The number of urea groups is 1. The highest BCUT2D eigenvalue weighted by Crippen LogP contribution is 2.11. The molecule has 1 aliphatic heterocycles. The number of aromatic amines is 1. The van der Waals surface area contributed by atoms with Crippen LogP contribution in [-0.4, -0.2) is 69.7 Å². The molecule has 1 fully saturated rings. The Hall–Kier alpha value is -2.95. The molecule has 11 heteroatoms. The molecule has 3 N–H and O–H groups in total. The fourth-order valence-corrected chi connectivity index (χ4v) is 3.37. The number of anilines is 1. The van der Waals surface area contributed by atoms with Gasteiger partial charge in [0.05, 0.1) is 5.01 Å². The largest absolute Gasteiger partial charge is 0.476 e. The molecule has 2 amide bonds. The molecule has 2 aromatic heterocycles. The first-order valence-electron chi connectivity index (χ1n) is 8.03. The van der Waals surface area contributed by atoms with E-state index in [4.69, 9.17) is 5.11 Å². The molecule has 0 bridgehead atoms. The van der Waals surface area contributed by atoms with Gasteiger partial charge in [-0.2, -0.15) is 0 Å². The number of nitrogens with one attached hydrogen (secondary N) is 2. The number of piperazine rings is 1. The maximum absolute atomic E-state index is 12.2. The van der Waals surface area contributed by atoms with Gasteiger partial charge < -0.3 is 25.2 Å². The van der Waals surface area contributed by atoms with Crippen molar-refractivity contribution in [1.29, 1.82) is 0 Å². The van der Waals surface area contributed by atoms with Gasteiger partial charge >= 0.3 is 12.0 Å². The molecule has 10 nitrogen and oxygen atoms in total. The van der Waals surface area contributed by atoms with Gasteiger partial charge in [-0.05, 0) is 0 Å². The van der Waals surface area contributed by atoms with Crippen LogP contribution < -0.4 is 15.8 Å². The van der Waals surface area contributed by atoms with Crippen molar-refractivity contribution in [2.24, 2.45) is 0 Å². The first-order chi connectivity index (χ1) is 12.5. The van der Waals surface area contributed by atoms with Crippen LogP contribution >= 0.6 is 11.3 Å². The third-order valence-electron chi connectivity index (χ3n) is 3.94. The van der Waals surface area contributed by atoms with Crippen molar-refractivity contribution in [2.45, 2.75) is 6.42 Å². The van der Waals surface area contributed by atoms with Crippen LogP contribution in [0.15, 0.2) is 22.6 Å². The quantitative estimate of drug-likeness (QED) is 0.667. The van der Waals surface area contributed by atoms with E-state index in [-0.39, 0.29) is 17.3 Å². The summed E-state index contributed by atoms with van der Waals surface area (Å²) in [5, 5.41) is 13.8. The number of aromatic carboxylic acids is 1. The molecule has 0 atom stereocenters. The third kappa shape index (κ3) is 4.17.